The van der Waals surface area contributed by atoms with Crippen molar-refractivity contribution in [1.82, 2.24) is 0 Å². The molecule has 1 amide bonds. The maximum atomic E-state index is 13.9. The van der Waals surface area contributed by atoms with Gasteiger partial charge in [-0.2, -0.15) is 0 Å². The standard InChI is InChI=1S/C28H33NO7/c1-12(2)19-17-11-14-10-16-15(13-6-4-3-5-7-13)8-9-18(30)21(16)24(32)20(14)25(33)28(17,36)26(34)22(23(19)31)27(29)35/h8-9,12-14,17,19,30,32,34,36H,3-7,10-11H2,1-2H3,(H2,29,35)/t14-,17-,19-,28-/m0/s1. The van der Waals surface area contributed by atoms with Crippen LogP contribution in [0.4, 0.5) is 0 Å². The van der Waals surface area contributed by atoms with Gasteiger partial charge in [-0.3, -0.25) is 14.4 Å². The molecule has 6 N–H and O–H groups in total. The zero-order chi connectivity index (χ0) is 26.1. The van der Waals surface area contributed by atoms with Gasteiger partial charge >= 0.3 is 0 Å². The summed E-state index contributed by atoms with van der Waals surface area (Å²) in [7, 11) is 0. The van der Waals surface area contributed by atoms with E-state index in [1.165, 1.54) is 12.5 Å². The van der Waals surface area contributed by atoms with Gasteiger partial charge in [-0.25, -0.2) is 0 Å². The number of aromatic hydroxyl groups is 1. The van der Waals surface area contributed by atoms with E-state index in [-0.39, 0.29) is 29.2 Å². The average Bonchev–Trinajstić information content (AvgIpc) is 2.81. The predicted octanol–water partition coefficient (Wildman–Crippen LogP) is 3.35. The Morgan fingerprint density at radius 3 is 2.33 bits per heavy atom. The predicted molar refractivity (Wildman–Crippen MR) is 131 cm³/mol. The van der Waals surface area contributed by atoms with Gasteiger partial charge in [-0.15, -0.1) is 0 Å². The highest BCUT2D eigenvalue weighted by molar-refractivity contribution is 6.23. The van der Waals surface area contributed by atoms with Crippen molar-refractivity contribution in [2.45, 2.75) is 70.3 Å². The van der Waals surface area contributed by atoms with Crippen molar-refractivity contribution in [3.05, 3.63) is 45.7 Å². The highest BCUT2D eigenvalue weighted by Gasteiger charge is 2.64. The number of nitrogens with two attached hydrogens (primary N) is 1. The van der Waals surface area contributed by atoms with Gasteiger partial charge in [0, 0.05) is 17.4 Å². The number of phenols is 1. The van der Waals surface area contributed by atoms with Crippen LogP contribution < -0.4 is 5.73 Å². The van der Waals surface area contributed by atoms with Crippen LogP contribution in [0, 0.1) is 23.7 Å². The Hall–Kier alpha value is -3.13. The van der Waals surface area contributed by atoms with E-state index < -0.39 is 57.9 Å². The lowest BCUT2D eigenvalue weighted by Gasteiger charge is -2.50. The lowest BCUT2D eigenvalue weighted by molar-refractivity contribution is -0.155. The lowest BCUT2D eigenvalue weighted by Crippen LogP contribution is -2.62. The first-order valence-corrected chi connectivity index (χ1v) is 12.8. The van der Waals surface area contributed by atoms with Crippen molar-refractivity contribution in [2.24, 2.45) is 29.4 Å². The quantitative estimate of drug-likeness (QED) is 0.402. The van der Waals surface area contributed by atoms with E-state index in [9.17, 15) is 34.8 Å². The fourth-order valence-corrected chi connectivity index (χ4v) is 7.30. The number of aliphatic hydroxyl groups excluding tert-OH is 2. The molecule has 8 nitrogen and oxygen atoms in total. The van der Waals surface area contributed by atoms with Crippen LogP contribution in [-0.2, 0) is 20.8 Å². The summed E-state index contributed by atoms with van der Waals surface area (Å²) in [5.41, 5.74) is 3.98. The highest BCUT2D eigenvalue weighted by atomic mass is 16.3. The van der Waals surface area contributed by atoms with E-state index >= 15 is 0 Å². The Morgan fingerprint density at radius 1 is 1.06 bits per heavy atom. The van der Waals surface area contributed by atoms with Crippen molar-refractivity contribution in [3.8, 4) is 5.75 Å². The van der Waals surface area contributed by atoms with Crippen molar-refractivity contribution < 1.29 is 34.8 Å². The van der Waals surface area contributed by atoms with Gasteiger partial charge < -0.3 is 26.2 Å². The molecule has 8 heteroatoms. The van der Waals surface area contributed by atoms with E-state index in [0.717, 1.165) is 36.8 Å². The van der Waals surface area contributed by atoms with E-state index in [4.69, 9.17) is 5.73 Å². The molecule has 5 rings (SSSR count). The zero-order valence-corrected chi connectivity index (χ0v) is 20.6. The summed E-state index contributed by atoms with van der Waals surface area (Å²) in [4.78, 5) is 39.2. The van der Waals surface area contributed by atoms with Crippen molar-refractivity contribution in [3.63, 3.8) is 0 Å². The maximum absolute atomic E-state index is 13.9. The third-order valence-electron chi connectivity index (χ3n) is 8.93. The number of carbonyl (C=O) groups excluding carboxylic acids is 3. The van der Waals surface area contributed by atoms with Crippen LogP contribution in [0.3, 0.4) is 0 Å². The molecule has 2 fully saturated rings. The zero-order valence-electron chi connectivity index (χ0n) is 20.6. The Labute approximate surface area is 209 Å². The van der Waals surface area contributed by atoms with Crippen LogP contribution in [-0.4, -0.2) is 43.5 Å². The van der Waals surface area contributed by atoms with E-state index in [2.05, 4.69) is 0 Å². The van der Waals surface area contributed by atoms with Gasteiger partial charge in [-0.05, 0) is 60.6 Å². The molecular formula is C28H33NO7. The first kappa shape index (κ1) is 24.6. The number of aliphatic hydroxyl groups is 3. The summed E-state index contributed by atoms with van der Waals surface area (Å²) in [6, 6.07) is 3.43. The number of benzene rings is 1. The van der Waals surface area contributed by atoms with E-state index in [0.29, 0.717) is 12.3 Å². The van der Waals surface area contributed by atoms with Gasteiger partial charge in [-0.1, -0.05) is 39.2 Å². The second-order valence-electron chi connectivity index (χ2n) is 11.2. The van der Waals surface area contributed by atoms with Gasteiger partial charge in [0.05, 0.1) is 5.56 Å². The molecule has 2 saturated carbocycles. The minimum absolute atomic E-state index is 0.0930. The molecule has 4 aliphatic carbocycles. The second kappa shape index (κ2) is 8.47. The topological polar surface area (TPSA) is 158 Å². The number of fused-ring (bicyclic) bond motifs is 3. The van der Waals surface area contributed by atoms with Crippen molar-refractivity contribution in [1.29, 1.82) is 0 Å². The summed E-state index contributed by atoms with van der Waals surface area (Å²) in [6.07, 6.45) is 5.92. The largest absolute Gasteiger partial charge is 0.508 e. The average molecular weight is 496 g/mol. The molecule has 0 unspecified atom stereocenters. The Kier molecular flexibility index (Phi) is 5.78. The van der Waals surface area contributed by atoms with Crippen molar-refractivity contribution >= 4 is 23.2 Å². The molecule has 0 aromatic heterocycles. The Bertz CT molecular complexity index is 1240. The lowest BCUT2D eigenvalue weighted by atomic mass is 9.54. The van der Waals surface area contributed by atoms with Crippen LogP contribution in [0.2, 0.25) is 0 Å². The summed E-state index contributed by atoms with van der Waals surface area (Å²) >= 11 is 0. The third-order valence-corrected chi connectivity index (χ3v) is 8.93. The molecule has 1 aromatic rings. The number of Topliss-reactive ketones (excluding diaryl/α,β-unsaturated/α-hetero) is 2. The Morgan fingerprint density at radius 2 is 1.72 bits per heavy atom. The number of carbonyl (C=O) groups is 3. The maximum Gasteiger partial charge on any atom is 0.255 e. The number of rotatable bonds is 3. The fraction of sp³-hybridized carbons (Fsp3) is 0.536. The number of primary amides is 1. The summed E-state index contributed by atoms with van der Waals surface area (Å²) in [5, 5.41) is 44.7. The van der Waals surface area contributed by atoms with Gasteiger partial charge in [0.1, 0.15) is 22.8 Å². The normalized spacial score (nSPS) is 30.8. The monoisotopic (exact) mass is 495 g/mol. The van der Waals surface area contributed by atoms with Crippen LogP contribution in [0.5, 0.6) is 5.75 Å². The van der Waals surface area contributed by atoms with Crippen molar-refractivity contribution in [2.75, 3.05) is 0 Å². The SMILES string of the molecule is CC(C)[C@@H]1C(=O)C(C(N)=O)=C(O)[C@@]2(O)C(=O)C3=C(O)c4c(O)ccc(C5CCCCC5)c4C[C@H]3C[C@@H]12. The van der Waals surface area contributed by atoms with Crippen LogP contribution in [0.1, 0.15) is 75.0 Å². The third kappa shape index (κ3) is 3.26. The molecule has 0 aliphatic heterocycles. The minimum atomic E-state index is -2.57. The number of hydrogen-bond acceptors (Lipinski definition) is 7. The Balaban J connectivity index is 1.70. The van der Waals surface area contributed by atoms with Crippen LogP contribution in [0.15, 0.2) is 29.0 Å². The summed E-state index contributed by atoms with van der Waals surface area (Å²) in [5.74, 6) is -6.94. The number of phenolic OH excluding ortho intramolecular Hbond substituents is 1. The van der Waals surface area contributed by atoms with Gasteiger partial charge in [0.15, 0.2) is 11.4 Å². The molecule has 0 heterocycles. The molecule has 192 valence electrons. The molecule has 0 saturated heterocycles. The molecule has 0 bridgehead atoms. The number of amides is 1. The second-order valence-corrected chi connectivity index (χ2v) is 11.2. The summed E-state index contributed by atoms with van der Waals surface area (Å²) < 4.78 is 0. The molecule has 0 spiro atoms. The first-order chi connectivity index (χ1) is 17.0. The molecule has 0 radical (unpaired) electrons. The molecule has 4 aliphatic rings. The minimum Gasteiger partial charge on any atom is -0.508 e. The number of hydrogen-bond donors (Lipinski definition) is 5. The van der Waals surface area contributed by atoms with Crippen LogP contribution >= 0.6 is 0 Å². The van der Waals surface area contributed by atoms with E-state index in [1.54, 1.807) is 13.8 Å². The summed E-state index contributed by atoms with van der Waals surface area (Å²) in [6.45, 7) is 3.51. The van der Waals surface area contributed by atoms with Gasteiger partial charge in [0.25, 0.3) is 5.91 Å². The molecule has 4 atom stereocenters. The molecule has 1 aromatic carbocycles. The van der Waals surface area contributed by atoms with Crippen LogP contribution in [0.25, 0.3) is 5.76 Å². The first-order valence-electron chi connectivity index (χ1n) is 12.8. The van der Waals surface area contributed by atoms with E-state index in [1.807, 2.05) is 6.07 Å². The number of ketones is 2. The van der Waals surface area contributed by atoms with Gasteiger partial charge in [0.2, 0.25) is 5.78 Å². The smallest absolute Gasteiger partial charge is 0.255 e. The highest BCUT2D eigenvalue weighted by Crippen LogP contribution is 2.55. The molecular weight excluding hydrogens is 462 g/mol. The molecule has 36 heavy (non-hydrogen) atoms. The fourth-order valence-electron chi connectivity index (χ4n) is 7.30.